The Balaban J connectivity index is 2.46. The maximum Gasteiger partial charge on any atom is 0.332 e. The van der Waals surface area contributed by atoms with Crippen molar-refractivity contribution in [2.75, 3.05) is 32.8 Å². The highest BCUT2D eigenvalue weighted by Gasteiger charge is 2.31. The van der Waals surface area contributed by atoms with E-state index < -0.39 is 12.0 Å². The van der Waals surface area contributed by atoms with Gasteiger partial charge in [-0.15, -0.1) is 0 Å². The van der Waals surface area contributed by atoms with Gasteiger partial charge in [-0.1, -0.05) is 6.92 Å². The van der Waals surface area contributed by atoms with Gasteiger partial charge in [-0.3, -0.25) is 9.69 Å². The zero-order valence-corrected chi connectivity index (χ0v) is 12.1. The van der Waals surface area contributed by atoms with Crippen molar-refractivity contribution in [3.8, 4) is 0 Å². The first kappa shape index (κ1) is 15.9. The highest BCUT2D eigenvalue weighted by Crippen LogP contribution is 2.09. The molecule has 0 aromatic carbocycles. The average Bonchev–Trinajstić information content (AvgIpc) is 2.45. The maximum atomic E-state index is 12.0. The summed E-state index contributed by atoms with van der Waals surface area (Å²) in [6.45, 7) is 9.17. The summed E-state index contributed by atoms with van der Waals surface area (Å²) < 4.78 is 4.77. The van der Waals surface area contributed by atoms with Gasteiger partial charge in [0, 0.05) is 32.2 Å². The molecule has 0 radical (unpaired) electrons. The van der Waals surface area contributed by atoms with Crippen LogP contribution in [0.15, 0.2) is 0 Å². The second kappa shape index (κ2) is 7.45. The van der Waals surface area contributed by atoms with Gasteiger partial charge in [0.1, 0.15) is 0 Å². The van der Waals surface area contributed by atoms with E-state index in [1.54, 1.807) is 11.8 Å². The van der Waals surface area contributed by atoms with Crippen LogP contribution in [-0.4, -0.2) is 66.5 Å². The van der Waals surface area contributed by atoms with Crippen LogP contribution < -0.4 is 5.73 Å². The first-order valence-corrected chi connectivity index (χ1v) is 6.96. The number of carbonyl (C=O) groups excluding carboxylic acids is 2. The number of ether oxygens (including phenoxy) is 1. The number of rotatable bonds is 5. The van der Waals surface area contributed by atoms with E-state index in [1.807, 2.05) is 0 Å². The smallest absolute Gasteiger partial charge is 0.332 e. The summed E-state index contributed by atoms with van der Waals surface area (Å²) in [6.07, 6.45) is 1.09. The van der Waals surface area contributed by atoms with Gasteiger partial charge < -0.3 is 15.4 Å². The van der Waals surface area contributed by atoms with Crippen LogP contribution in [0.25, 0.3) is 0 Å². The number of carbonyl (C=O) groups is 2. The van der Waals surface area contributed by atoms with Crippen molar-refractivity contribution >= 4 is 11.9 Å². The molecule has 1 aliphatic rings. The van der Waals surface area contributed by atoms with E-state index >= 15 is 0 Å². The van der Waals surface area contributed by atoms with Crippen LogP contribution >= 0.6 is 0 Å². The molecule has 2 unspecified atom stereocenters. The lowest BCUT2D eigenvalue weighted by Gasteiger charge is -2.38. The Morgan fingerprint density at radius 3 is 2.26 bits per heavy atom. The van der Waals surface area contributed by atoms with E-state index in [0.29, 0.717) is 19.1 Å². The van der Waals surface area contributed by atoms with Gasteiger partial charge in [-0.05, 0) is 20.3 Å². The lowest BCUT2D eigenvalue weighted by Crippen LogP contribution is -2.56. The molecule has 1 amide bonds. The normalized spacial score (nSPS) is 19.9. The van der Waals surface area contributed by atoms with Crippen molar-refractivity contribution in [1.29, 1.82) is 0 Å². The molecule has 0 aliphatic carbocycles. The van der Waals surface area contributed by atoms with Crippen LogP contribution in [0.3, 0.4) is 0 Å². The SMILES string of the molecule is CCOC(=O)C(N)C(=O)N1CCN(C(C)CC)CC1. The molecule has 6 heteroatoms. The van der Waals surface area contributed by atoms with E-state index in [4.69, 9.17) is 10.5 Å². The minimum Gasteiger partial charge on any atom is -0.464 e. The summed E-state index contributed by atoms with van der Waals surface area (Å²) in [5.74, 6) is -0.973. The Morgan fingerprint density at radius 2 is 1.79 bits per heavy atom. The number of hydrogen-bond donors (Lipinski definition) is 1. The third-order valence-corrected chi connectivity index (χ3v) is 3.65. The molecule has 0 bridgehead atoms. The van der Waals surface area contributed by atoms with Crippen molar-refractivity contribution in [2.45, 2.75) is 39.3 Å². The molecular weight excluding hydrogens is 246 g/mol. The maximum absolute atomic E-state index is 12.0. The Morgan fingerprint density at radius 1 is 1.21 bits per heavy atom. The highest BCUT2D eigenvalue weighted by molar-refractivity contribution is 6.01. The molecule has 19 heavy (non-hydrogen) atoms. The number of esters is 1. The third-order valence-electron chi connectivity index (χ3n) is 3.65. The molecule has 0 spiro atoms. The number of nitrogens with zero attached hydrogens (tertiary/aromatic N) is 2. The molecule has 1 heterocycles. The Bertz CT molecular complexity index is 314. The fourth-order valence-electron chi connectivity index (χ4n) is 2.17. The van der Waals surface area contributed by atoms with Gasteiger partial charge in [-0.25, -0.2) is 4.79 Å². The quantitative estimate of drug-likeness (QED) is 0.554. The van der Waals surface area contributed by atoms with Gasteiger partial charge in [0.25, 0.3) is 5.91 Å². The zero-order valence-electron chi connectivity index (χ0n) is 12.1. The first-order valence-electron chi connectivity index (χ1n) is 6.96. The molecule has 1 aliphatic heterocycles. The van der Waals surface area contributed by atoms with Crippen molar-refractivity contribution in [3.63, 3.8) is 0 Å². The van der Waals surface area contributed by atoms with Crippen LogP contribution in [0.2, 0.25) is 0 Å². The van der Waals surface area contributed by atoms with Gasteiger partial charge in [0.2, 0.25) is 0 Å². The molecule has 2 atom stereocenters. The van der Waals surface area contributed by atoms with Crippen LogP contribution in [0.1, 0.15) is 27.2 Å². The zero-order chi connectivity index (χ0) is 14.4. The van der Waals surface area contributed by atoms with Crippen molar-refractivity contribution in [1.82, 2.24) is 9.80 Å². The summed E-state index contributed by atoms with van der Waals surface area (Å²) in [5.41, 5.74) is 5.62. The molecule has 110 valence electrons. The topological polar surface area (TPSA) is 75.9 Å². The number of piperazine rings is 1. The predicted molar refractivity (Wildman–Crippen MR) is 72.5 cm³/mol. The Kier molecular flexibility index (Phi) is 6.24. The lowest BCUT2D eigenvalue weighted by atomic mass is 10.1. The Labute approximate surface area is 114 Å². The van der Waals surface area contributed by atoms with Gasteiger partial charge in [-0.2, -0.15) is 0 Å². The number of nitrogens with two attached hydrogens (primary N) is 1. The molecule has 1 saturated heterocycles. The fraction of sp³-hybridized carbons (Fsp3) is 0.846. The minimum absolute atomic E-state index is 0.238. The molecule has 0 saturated carbocycles. The highest BCUT2D eigenvalue weighted by atomic mass is 16.5. The molecule has 2 N–H and O–H groups in total. The second-order valence-electron chi connectivity index (χ2n) is 4.85. The van der Waals surface area contributed by atoms with Crippen molar-refractivity contribution in [3.05, 3.63) is 0 Å². The molecule has 1 fully saturated rings. The Hall–Kier alpha value is -1.14. The van der Waals surface area contributed by atoms with E-state index in [9.17, 15) is 9.59 Å². The van der Waals surface area contributed by atoms with E-state index in [0.717, 1.165) is 19.5 Å². The van der Waals surface area contributed by atoms with Gasteiger partial charge >= 0.3 is 5.97 Å². The standard InChI is InChI=1S/C13H25N3O3/c1-4-10(3)15-6-8-16(9-7-15)12(17)11(14)13(18)19-5-2/h10-11H,4-9,14H2,1-3H3. The number of hydrogen-bond acceptors (Lipinski definition) is 5. The first-order chi connectivity index (χ1) is 9.01. The van der Waals surface area contributed by atoms with Crippen molar-refractivity contribution < 1.29 is 14.3 Å². The molecule has 0 aromatic rings. The predicted octanol–water partition coefficient (Wildman–Crippen LogP) is -0.180. The molecule has 0 aromatic heterocycles. The van der Waals surface area contributed by atoms with Crippen LogP contribution in [0.4, 0.5) is 0 Å². The molecular formula is C13H25N3O3. The summed E-state index contributed by atoms with van der Waals surface area (Å²) >= 11 is 0. The van der Waals surface area contributed by atoms with Crippen LogP contribution in [0.5, 0.6) is 0 Å². The minimum atomic E-state index is -1.19. The van der Waals surface area contributed by atoms with Gasteiger partial charge in [0.15, 0.2) is 6.04 Å². The van der Waals surface area contributed by atoms with E-state index in [-0.39, 0.29) is 12.5 Å². The summed E-state index contributed by atoms with van der Waals surface area (Å²) in [7, 11) is 0. The average molecular weight is 271 g/mol. The summed E-state index contributed by atoms with van der Waals surface area (Å²) in [4.78, 5) is 27.5. The van der Waals surface area contributed by atoms with Crippen LogP contribution in [-0.2, 0) is 14.3 Å². The lowest BCUT2D eigenvalue weighted by molar-refractivity contribution is -0.151. The number of amides is 1. The van der Waals surface area contributed by atoms with Crippen molar-refractivity contribution in [2.24, 2.45) is 5.73 Å². The van der Waals surface area contributed by atoms with Crippen LogP contribution in [0, 0.1) is 0 Å². The van der Waals surface area contributed by atoms with Gasteiger partial charge in [0.05, 0.1) is 6.61 Å². The van der Waals surface area contributed by atoms with E-state index in [1.165, 1.54) is 0 Å². The fourth-order valence-corrected chi connectivity index (χ4v) is 2.17. The van der Waals surface area contributed by atoms with E-state index in [2.05, 4.69) is 18.7 Å². The summed E-state index contributed by atoms with van der Waals surface area (Å²) in [6, 6.07) is -0.661. The second-order valence-corrected chi connectivity index (χ2v) is 4.85. The third kappa shape index (κ3) is 4.18. The molecule has 1 rings (SSSR count). The summed E-state index contributed by atoms with van der Waals surface area (Å²) in [5, 5.41) is 0. The largest absolute Gasteiger partial charge is 0.464 e. The monoisotopic (exact) mass is 271 g/mol. The molecule has 6 nitrogen and oxygen atoms in total.